The molecule has 1 aromatic carbocycles. The maximum absolute atomic E-state index is 12.3. The molecule has 0 aliphatic carbocycles. The zero-order chi connectivity index (χ0) is 24.4. The number of nitrogens with zero attached hydrogens (tertiary/aromatic N) is 1. The lowest BCUT2D eigenvalue weighted by atomic mass is 10.0. The summed E-state index contributed by atoms with van der Waals surface area (Å²) in [5.41, 5.74) is 1.95. The van der Waals surface area contributed by atoms with E-state index in [0.29, 0.717) is 28.0 Å². The van der Waals surface area contributed by atoms with Crippen LogP contribution in [0.2, 0.25) is 10.0 Å². The van der Waals surface area contributed by atoms with Gasteiger partial charge in [0.1, 0.15) is 5.69 Å². The van der Waals surface area contributed by atoms with Gasteiger partial charge in [0.05, 0.1) is 15.7 Å². The Labute approximate surface area is 216 Å². The number of benzene rings is 1. The second-order valence-electron chi connectivity index (χ2n) is 9.35. The van der Waals surface area contributed by atoms with Gasteiger partial charge in [0.25, 0.3) is 5.91 Å². The number of aromatic amines is 1. The monoisotopic (exact) mass is 507 g/mol. The van der Waals surface area contributed by atoms with E-state index in [1.165, 1.54) is 89.9 Å². The Kier molecular flexibility index (Phi) is 15.1. The lowest BCUT2D eigenvalue weighted by Crippen LogP contribution is -2.24. The van der Waals surface area contributed by atoms with Crippen molar-refractivity contribution in [3.8, 4) is 11.3 Å². The predicted molar refractivity (Wildman–Crippen MR) is 146 cm³/mol. The second kappa shape index (κ2) is 17.8. The van der Waals surface area contributed by atoms with Gasteiger partial charge >= 0.3 is 0 Å². The van der Waals surface area contributed by atoms with Crippen LogP contribution in [0.15, 0.2) is 24.3 Å². The molecule has 2 aromatic rings. The highest BCUT2D eigenvalue weighted by atomic mass is 35.5. The number of halogens is 2. The lowest BCUT2D eigenvalue weighted by molar-refractivity contribution is 0.0948. The van der Waals surface area contributed by atoms with Gasteiger partial charge in [-0.1, -0.05) is 133 Å². The Morgan fingerprint density at radius 3 is 1.82 bits per heavy atom. The molecule has 1 aromatic heterocycles. The van der Waals surface area contributed by atoms with Crippen molar-refractivity contribution in [3.63, 3.8) is 0 Å². The Hall–Kier alpha value is -1.52. The van der Waals surface area contributed by atoms with E-state index in [-0.39, 0.29) is 5.91 Å². The SMILES string of the molecule is CCCCCCCCCCCCCCCCCCNC(=O)c1cc(-c2ccc(Cl)c(Cl)c2)n[nH]1. The highest BCUT2D eigenvalue weighted by Gasteiger charge is 2.11. The second-order valence-corrected chi connectivity index (χ2v) is 10.2. The summed E-state index contributed by atoms with van der Waals surface area (Å²) in [4.78, 5) is 12.3. The minimum atomic E-state index is -0.125. The Bertz CT molecular complexity index is 822. The Morgan fingerprint density at radius 2 is 1.29 bits per heavy atom. The quantitative estimate of drug-likeness (QED) is 0.186. The molecule has 0 unspecified atom stereocenters. The molecule has 0 aliphatic rings. The van der Waals surface area contributed by atoms with Crippen LogP contribution < -0.4 is 5.32 Å². The first kappa shape index (κ1) is 28.7. The number of amides is 1. The summed E-state index contributed by atoms with van der Waals surface area (Å²) in [6.45, 7) is 2.97. The zero-order valence-electron chi connectivity index (χ0n) is 20.9. The molecule has 4 nitrogen and oxygen atoms in total. The van der Waals surface area contributed by atoms with Crippen LogP contribution in [0.4, 0.5) is 0 Å². The third kappa shape index (κ3) is 11.8. The molecule has 0 atom stereocenters. The molecular weight excluding hydrogens is 465 g/mol. The number of unbranched alkanes of at least 4 members (excludes halogenated alkanes) is 15. The van der Waals surface area contributed by atoms with Crippen LogP contribution in [0.3, 0.4) is 0 Å². The Morgan fingerprint density at radius 1 is 0.765 bits per heavy atom. The molecule has 34 heavy (non-hydrogen) atoms. The van der Waals surface area contributed by atoms with E-state index in [2.05, 4.69) is 22.4 Å². The third-order valence-corrected chi connectivity index (χ3v) is 7.09. The van der Waals surface area contributed by atoms with Crippen molar-refractivity contribution in [3.05, 3.63) is 40.0 Å². The van der Waals surface area contributed by atoms with Gasteiger partial charge in [-0.3, -0.25) is 9.89 Å². The standard InChI is InChI=1S/C28H43Cl2N3O/c1-2-3-4-5-6-7-8-9-10-11-12-13-14-15-16-17-20-31-28(34)27-22-26(32-33-27)23-18-19-24(29)25(30)21-23/h18-19,21-22H,2-17,20H2,1H3,(H,31,34)(H,32,33). The normalized spacial score (nSPS) is 11.1. The van der Waals surface area contributed by atoms with E-state index in [1.54, 1.807) is 18.2 Å². The molecule has 0 radical (unpaired) electrons. The minimum absolute atomic E-state index is 0.125. The van der Waals surface area contributed by atoms with E-state index < -0.39 is 0 Å². The van der Waals surface area contributed by atoms with Gasteiger partial charge in [-0.05, 0) is 24.6 Å². The van der Waals surface area contributed by atoms with E-state index in [9.17, 15) is 4.79 Å². The van der Waals surface area contributed by atoms with E-state index >= 15 is 0 Å². The molecule has 0 spiro atoms. The molecule has 2 rings (SSSR count). The van der Waals surface area contributed by atoms with E-state index in [1.807, 2.05) is 6.07 Å². The average Bonchev–Trinajstić information content (AvgIpc) is 3.33. The number of rotatable bonds is 19. The molecule has 2 N–H and O–H groups in total. The highest BCUT2D eigenvalue weighted by Crippen LogP contribution is 2.27. The van der Waals surface area contributed by atoms with Gasteiger partial charge < -0.3 is 5.32 Å². The summed E-state index contributed by atoms with van der Waals surface area (Å²) in [6.07, 6.45) is 21.5. The molecule has 1 heterocycles. The fourth-order valence-corrected chi connectivity index (χ4v) is 4.51. The van der Waals surface area contributed by atoms with E-state index in [0.717, 1.165) is 18.4 Å². The maximum atomic E-state index is 12.3. The van der Waals surface area contributed by atoms with Crippen LogP contribution in [-0.4, -0.2) is 22.6 Å². The lowest BCUT2D eigenvalue weighted by Gasteiger charge is -2.05. The van der Waals surface area contributed by atoms with Crippen molar-refractivity contribution in [2.75, 3.05) is 6.54 Å². The van der Waals surface area contributed by atoms with Crippen molar-refractivity contribution < 1.29 is 4.79 Å². The first-order chi connectivity index (χ1) is 16.6. The number of hydrogen-bond donors (Lipinski definition) is 2. The number of carbonyl (C=O) groups is 1. The zero-order valence-corrected chi connectivity index (χ0v) is 22.5. The highest BCUT2D eigenvalue weighted by molar-refractivity contribution is 6.42. The summed E-state index contributed by atoms with van der Waals surface area (Å²) >= 11 is 12.0. The summed E-state index contributed by atoms with van der Waals surface area (Å²) < 4.78 is 0. The van der Waals surface area contributed by atoms with Crippen LogP contribution in [-0.2, 0) is 0 Å². The topological polar surface area (TPSA) is 57.8 Å². The minimum Gasteiger partial charge on any atom is -0.351 e. The van der Waals surface area contributed by atoms with Gasteiger partial charge in [0.15, 0.2) is 0 Å². The van der Waals surface area contributed by atoms with Crippen LogP contribution in [0.5, 0.6) is 0 Å². The fraction of sp³-hybridized carbons (Fsp3) is 0.643. The molecule has 0 saturated heterocycles. The number of hydrogen-bond acceptors (Lipinski definition) is 2. The maximum Gasteiger partial charge on any atom is 0.269 e. The number of nitrogens with one attached hydrogen (secondary N) is 2. The average molecular weight is 509 g/mol. The first-order valence-electron chi connectivity index (χ1n) is 13.4. The summed E-state index contributed by atoms with van der Waals surface area (Å²) in [7, 11) is 0. The summed E-state index contributed by atoms with van der Waals surface area (Å²) in [5.74, 6) is -0.125. The third-order valence-electron chi connectivity index (χ3n) is 6.35. The molecule has 0 fully saturated rings. The van der Waals surface area contributed by atoms with Gasteiger partial charge in [-0.25, -0.2) is 0 Å². The molecular formula is C28H43Cl2N3O. The van der Waals surface area contributed by atoms with Crippen molar-refractivity contribution in [2.45, 2.75) is 110 Å². The van der Waals surface area contributed by atoms with Crippen molar-refractivity contribution in [1.29, 1.82) is 0 Å². The van der Waals surface area contributed by atoms with Crippen molar-refractivity contribution >= 4 is 29.1 Å². The van der Waals surface area contributed by atoms with E-state index in [4.69, 9.17) is 23.2 Å². The van der Waals surface area contributed by atoms with Gasteiger partial charge in [0.2, 0.25) is 0 Å². The van der Waals surface area contributed by atoms with Crippen LogP contribution in [0.1, 0.15) is 120 Å². The Balaban J connectivity index is 1.42. The van der Waals surface area contributed by atoms with Crippen LogP contribution in [0.25, 0.3) is 11.3 Å². The smallest absolute Gasteiger partial charge is 0.269 e. The first-order valence-corrected chi connectivity index (χ1v) is 14.2. The van der Waals surface area contributed by atoms with Crippen LogP contribution in [0, 0.1) is 0 Å². The molecule has 6 heteroatoms. The molecule has 190 valence electrons. The molecule has 1 amide bonds. The summed E-state index contributed by atoms with van der Waals surface area (Å²) in [6, 6.07) is 7.05. The fourth-order valence-electron chi connectivity index (χ4n) is 4.21. The van der Waals surface area contributed by atoms with Gasteiger partial charge in [-0.2, -0.15) is 5.10 Å². The number of aromatic nitrogens is 2. The number of H-pyrrole nitrogens is 1. The van der Waals surface area contributed by atoms with Gasteiger partial charge in [-0.15, -0.1) is 0 Å². The van der Waals surface area contributed by atoms with Gasteiger partial charge in [0, 0.05) is 12.1 Å². The molecule has 0 bridgehead atoms. The summed E-state index contributed by atoms with van der Waals surface area (Å²) in [5, 5.41) is 11.0. The largest absolute Gasteiger partial charge is 0.351 e. The molecule has 0 saturated carbocycles. The van der Waals surface area contributed by atoms with Crippen molar-refractivity contribution in [1.82, 2.24) is 15.5 Å². The van der Waals surface area contributed by atoms with Crippen molar-refractivity contribution in [2.24, 2.45) is 0 Å². The molecule has 0 aliphatic heterocycles. The predicted octanol–water partition coefficient (Wildman–Crippen LogP) is 9.37. The van der Waals surface area contributed by atoms with Crippen LogP contribution >= 0.6 is 23.2 Å². The number of carbonyl (C=O) groups excluding carboxylic acids is 1.